The molecule has 0 fully saturated rings. The minimum Gasteiger partial charge on any atom is -0.493 e. The molecule has 2 rings (SSSR count). The first-order valence-electron chi connectivity index (χ1n) is 7.35. The van der Waals surface area contributed by atoms with E-state index in [0.717, 1.165) is 37.0 Å². The number of hydrogen-bond donors (Lipinski definition) is 2. The second-order valence-electron chi connectivity index (χ2n) is 5.47. The molecule has 3 heteroatoms. The van der Waals surface area contributed by atoms with Gasteiger partial charge in [-0.15, -0.1) is 0 Å². The molecule has 0 amide bonds. The van der Waals surface area contributed by atoms with Crippen LogP contribution in [0, 0.1) is 0 Å². The number of ether oxygens (including phenoxy) is 1. The Morgan fingerprint density at radius 1 is 1.37 bits per heavy atom. The first kappa shape index (κ1) is 14.4. The Bertz CT molecular complexity index is 407. The van der Waals surface area contributed by atoms with Crippen LogP contribution in [0.4, 0.5) is 0 Å². The number of unbranched alkanes of at least 4 members (excludes halogenated alkanes) is 2. The summed E-state index contributed by atoms with van der Waals surface area (Å²) in [5.74, 6) is 0.883. The Morgan fingerprint density at radius 2 is 2.16 bits per heavy atom. The van der Waals surface area contributed by atoms with E-state index in [1.165, 1.54) is 6.42 Å². The number of aliphatic hydroxyl groups is 1. The first-order valence-corrected chi connectivity index (χ1v) is 7.35. The maximum absolute atomic E-state index is 10.7. The Morgan fingerprint density at radius 3 is 2.89 bits per heavy atom. The van der Waals surface area contributed by atoms with Gasteiger partial charge in [-0.2, -0.15) is 0 Å². The van der Waals surface area contributed by atoms with E-state index in [1.807, 2.05) is 24.3 Å². The van der Waals surface area contributed by atoms with Crippen molar-refractivity contribution >= 4 is 0 Å². The molecular weight excluding hydrogens is 238 g/mol. The lowest BCUT2D eigenvalue weighted by Crippen LogP contribution is -2.49. The van der Waals surface area contributed by atoms with Crippen LogP contribution in [0.15, 0.2) is 24.3 Å². The van der Waals surface area contributed by atoms with Gasteiger partial charge in [-0.3, -0.25) is 0 Å². The average molecular weight is 263 g/mol. The zero-order valence-corrected chi connectivity index (χ0v) is 11.8. The molecule has 106 valence electrons. The zero-order chi connectivity index (χ0) is 13.7. The van der Waals surface area contributed by atoms with Gasteiger partial charge in [0.05, 0.1) is 12.7 Å². The van der Waals surface area contributed by atoms with Gasteiger partial charge in [0.1, 0.15) is 5.75 Å². The first-order chi connectivity index (χ1) is 9.24. The summed E-state index contributed by atoms with van der Waals surface area (Å²) >= 11 is 0. The maximum atomic E-state index is 10.7. The van der Waals surface area contributed by atoms with E-state index in [-0.39, 0.29) is 11.5 Å². The van der Waals surface area contributed by atoms with Crippen LogP contribution in [-0.4, -0.2) is 24.4 Å². The fourth-order valence-electron chi connectivity index (χ4n) is 3.04. The molecule has 0 spiro atoms. The maximum Gasteiger partial charge on any atom is 0.123 e. The third-order valence-electron chi connectivity index (χ3n) is 4.31. The summed E-state index contributed by atoms with van der Waals surface area (Å²) in [4.78, 5) is 0. The molecule has 1 aromatic carbocycles. The number of benzene rings is 1. The largest absolute Gasteiger partial charge is 0.493 e. The van der Waals surface area contributed by atoms with Crippen molar-refractivity contribution in [3.05, 3.63) is 29.8 Å². The normalized spacial score (nSPS) is 23.5. The Hall–Kier alpha value is -1.06. The summed E-state index contributed by atoms with van der Waals surface area (Å²) in [5, 5.41) is 10.7. The number of nitrogens with two attached hydrogens (primary N) is 1. The fourth-order valence-corrected chi connectivity index (χ4v) is 3.04. The lowest BCUT2D eigenvalue weighted by Gasteiger charge is -2.41. The SMILES string of the molecule is CCCCCC(O)C1(CN)CCOc2ccccc21. The van der Waals surface area contributed by atoms with E-state index in [1.54, 1.807) is 0 Å². The molecule has 2 unspecified atom stereocenters. The Balaban J connectivity index is 2.23. The van der Waals surface area contributed by atoms with Gasteiger partial charge >= 0.3 is 0 Å². The van der Waals surface area contributed by atoms with Crippen LogP contribution in [0.25, 0.3) is 0 Å². The van der Waals surface area contributed by atoms with Gasteiger partial charge in [0, 0.05) is 17.5 Å². The lowest BCUT2D eigenvalue weighted by molar-refractivity contribution is 0.0461. The summed E-state index contributed by atoms with van der Waals surface area (Å²) < 4.78 is 5.69. The molecule has 2 atom stereocenters. The Labute approximate surface area is 115 Å². The van der Waals surface area contributed by atoms with Gasteiger partial charge in [-0.1, -0.05) is 44.4 Å². The molecule has 0 radical (unpaired) electrons. The van der Waals surface area contributed by atoms with Crippen LogP contribution >= 0.6 is 0 Å². The van der Waals surface area contributed by atoms with Crippen LogP contribution in [-0.2, 0) is 5.41 Å². The summed E-state index contributed by atoms with van der Waals surface area (Å²) in [6.45, 7) is 3.29. The van der Waals surface area contributed by atoms with Crippen molar-refractivity contribution in [1.29, 1.82) is 0 Å². The van der Waals surface area contributed by atoms with Crippen LogP contribution in [0.1, 0.15) is 44.6 Å². The van der Waals surface area contributed by atoms with Gasteiger partial charge in [-0.25, -0.2) is 0 Å². The van der Waals surface area contributed by atoms with E-state index in [4.69, 9.17) is 10.5 Å². The zero-order valence-electron chi connectivity index (χ0n) is 11.8. The summed E-state index contributed by atoms with van der Waals surface area (Å²) in [5.41, 5.74) is 6.79. The van der Waals surface area contributed by atoms with Gasteiger partial charge in [0.15, 0.2) is 0 Å². The topological polar surface area (TPSA) is 55.5 Å². The quantitative estimate of drug-likeness (QED) is 0.776. The molecule has 0 bridgehead atoms. The summed E-state index contributed by atoms with van der Waals surface area (Å²) in [6, 6.07) is 7.98. The number of para-hydroxylation sites is 1. The fraction of sp³-hybridized carbons (Fsp3) is 0.625. The highest BCUT2D eigenvalue weighted by molar-refractivity contribution is 5.42. The van der Waals surface area contributed by atoms with Gasteiger partial charge < -0.3 is 15.6 Å². The van der Waals surface area contributed by atoms with Crippen LogP contribution in [0.5, 0.6) is 5.75 Å². The molecule has 1 aliphatic rings. The molecule has 1 aliphatic heterocycles. The number of fused-ring (bicyclic) bond motifs is 1. The van der Waals surface area contributed by atoms with Crippen molar-refractivity contribution in [2.45, 2.75) is 50.5 Å². The molecule has 0 saturated carbocycles. The summed E-state index contributed by atoms with van der Waals surface area (Å²) in [7, 11) is 0. The third kappa shape index (κ3) is 2.77. The van der Waals surface area contributed by atoms with Crippen molar-refractivity contribution < 1.29 is 9.84 Å². The minimum absolute atomic E-state index is 0.331. The number of rotatable bonds is 6. The van der Waals surface area contributed by atoms with E-state index in [2.05, 4.69) is 6.92 Å². The molecule has 0 aromatic heterocycles. The van der Waals surface area contributed by atoms with Crippen molar-refractivity contribution in [2.24, 2.45) is 5.73 Å². The van der Waals surface area contributed by atoms with E-state index < -0.39 is 0 Å². The lowest BCUT2D eigenvalue weighted by atomic mass is 9.70. The molecule has 0 aliphatic carbocycles. The van der Waals surface area contributed by atoms with Gasteiger partial charge in [0.25, 0.3) is 0 Å². The van der Waals surface area contributed by atoms with Crippen LogP contribution in [0.2, 0.25) is 0 Å². The van der Waals surface area contributed by atoms with Crippen LogP contribution in [0.3, 0.4) is 0 Å². The number of hydrogen-bond acceptors (Lipinski definition) is 3. The van der Waals surface area contributed by atoms with E-state index >= 15 is 0 Å². The second-order valence-corrected chi connectivity index (χ2v) is 5.47. The predicted octanol–water partition coefficient (Wildman–Crippen LogP) is 2.61. The molecule has 19 heavy (non-hydrogen) atoms. The smallest absolute Gasteiger partial charge is 0.123 e. The predicted molar refractivity (Wildman–Crippen MR) is 77.4 cm³/mol. The highest BCUT2D eigenvalue weighted by Gasteiger charge is 2.42. The minimum atomic E-state index is -0.380. The molecular formula is C16H25NO2. The summed E-state index contributed by atoms with van der Waals surface area (Å²) in [6.07, 6.45) is 4.63. The number of aliphatic hydroxyl groups excluding tert-OH is 1. The van der Waals surface area contributed by atoms with Gasteiger partial charge in [0.2, 0.25) is 0 Å². The van der Waals surface area contributed by atoms with Crippen molar-refractivity contribution in [1.82, 2.24) is 0 Å². The van der Waals surface area contributed by atoms with E-state index in [9.17, 15) is 5.11 Å². The van der Waals surface area contributed by atoms with Crippen molar-refractivity contribution in [2.75, 3.05) is 13.2 Å². The second kappa shape index (κ2) is 6.40. The van der Waals surface area contributed by atoms with Crippen molar-refractivity contribution in [3.63, 3.8) is 0 Å². The molecule has 1 aromatic rings. The molecule has 0 saturated heterocycles. The molecule has 1 heterocycles. The molecule has 3 N–H and O–H groups in total. The van der Waals surface area contributed by atoms with E-state index in [0.29, 0.717) is 13.2 Å². The Kier molecular flexibility index (Phi) is 4.83. The highest BCUT2D eigenvalue weighted by atomic mass is 16.5. The highest BCUT2D eigenvalue weighted by Crippen LogP contribution is 2.41. The van der Waals surface area contributed by atoms with Gasteiger partial charge in [-0.05, 0) is 18.9 Å². The molecule has 3 nitrogen and oxygen atoms in total. The third-order valence-corrected chi connectivity index (χ3v) is 4.31. The van der Waals surface area contributed by atoms with Crippen molar-refractivity contribution in [3.8, 4) is 5.75 Å². The van der Waals surface area contributed by atoms with Crippen LogP contribution < -0.4 is 10.5 Å². The monoisotopic (exact) mass is 263 g/mol. The standard InChI is InChI=1S/C16H25NO2/c1-2-3-4-9-15(18)16(12-17)10-11-19-14-8-6-5-7-13(14)16/h5-8,15,18H,2-4,9-12,17H2,1H3. The average Bonchev–Trinajstić information content (AvgIpc) is 2.46.